The Morgan fingerprint density at radius 2 is 1.62 bits per heavy atom. The standard InChI is InChI=1S/C27H22O6S/c28-22-16-24(33-27(31)25(22)34-15-14-18-6-2-1-3-7-18)21-8-4-5-9-23(21)32-17-19-10-12-20(13-11-19)26(29)30/h1-13,16,28H,14-15,17H2,(H,29,30). The lowest BCUT2D eigenvalue weighted by atomic mass is 10.1. The minimum absolute atomic E-state index is 0.136. The second kappa shape index (κ2) is 10.8. The first-order chi connectivity index (χ1) is 16.5. The Kier molecular flexibility index (Phi) is 7.34. The molecule has 34 heavy (non-hydrogen) atoms. The Balaban J connectivity index is 1.48. The van der Waals surface area contributed by atoms with Gasteiger partial charge in [-0.15, -0.1) is 11.8 Å². The van der Waals surface area contributed by atoms with Gasteiger partial charge in [0.2, 0.25) is 0 Å². The quantitative estimate of drug-likeness (QED) is 0.304. The molecule has 0 saturated heterocycles. The van der Waals surface area contributed by atoms with Crippen molar-refractivity contribution in [2.75, 3.05) is 5.75 Å². The van der Waals surface area contributed by atoms with Crippen molar-refractivity contribution in [3.8, 4) is 22.8 Å². The Labute approximate surface area is 200 Å². The third-order valence-electron chi connectivity index (χ3n) is 5.12. The van der Waals surface area contributed by atoms with Gasteiger partial charge >= 0.3 is 11.6 Å². The van der Waals surface area contributed by atoms with E-state index in [2.05, 4.69) is 0 Å². The van der Waals surface area contributed by atoms with Gasteiger partial charge in [0.05, 0.1) is 11.1 Å². The Morgan fingerprint density at radius 3 is 2.32 bits per heavy atom. The summed E-state index contributed by atoms with van der Waals surface area (Å²) in [6.07, 6.45) is 0.760. The van der Waals surface area contributed by atoms with Crippen LogP contribution in [0.3, 0.4) is 0 Å². The Hall–Kier alpha value is -3.97. The molecule has 0 aliphatic rings. The molecule has 0 bridgehead atoms. The van der Waals surface area contributed by atoms with Gasteiger partial charge in [0.1, 0.15) is 28.8 Å². The first kappa shape index (κ1) is 23.2. The van der Waals surface area contributed by atoms with Crippen LogP contribution in [0.15, 0.2) is 99.0 Å². The number of aryl methyl sites for hydroxylation is 1. The van der Waals surface area contributed by atoms with Gasteiger partial charge in [-0.3, -0.25) is 0 Å². The lowest BCUT2D eigenvalue weighted by Crippen LogP contribution is -2.05. The van der Waals surface area contributed by atoms with E-state index in [-0.39, 0.29) is 28.6 Å². The number of ether oxygens (including phenoxy) is 1. The van der Waals surface area contributed by atoms with Crippen LogP contribution in [0.25, 0.3) is 11.3 Å². The molecule has 1 heterocycles. The fourth-order valence-electron chi connectivity index (χ4n) is 3.35. The monoisotopic (exact) mass is 474 g/mol. The summed E-state index contributed by atoms with van der Waals surface area (Å²) in [4.78, 5) is 23.8. The first-order valence-corrected chi connectivity index (χ1v) is 11.6. The van der Waals surface area contributed by atoms with E-state index in [1.165, 1.54) is 30.0 Å². The molecular formula is C27H22O6S. The highest BCUT2D eigenvalue weighted by molar-refractivity contribution is 7.99. The van der Waals surface area contributed by atoms with Gasteiger partial charge < -0.3 is 19.4 Å². The molecule has 0 unspecified atom stereocenters. The highest BCUT2D eigenvalue weighted by atomic mass is 32.2. The molecule has 0 atom stereocenters. The third kappa shape index (κ3) is 5.68. The summed E-state index contributed by atoms with van der Waals surface area (Å²) >= 11 is 1.26. The Bertz CT molecular complexity index is 1330. The van der Waals surface area contributed by atoms with E-state index in [1.54, 1.807) is 36.4 Å². The van der Waals surface area contributed by atoms with E-state index in [1.807, 2.05) is 30.3 Å². The van der Waals surface area contributed by atoms with E-state index in [0.29, 0.717) is 17.1 Å². The van der Waals surface area contributed by atoms with Crippen molar-refractivity contribution < 1.29 is 24.2 Å². The summed E-state index contributed by atoms with van der Waals surface area (Å²) < 4.78 is 11.4. The number of aromatic hydroxyl groups is 1. The average molecular weight is 475 g/mol. The molecule has 7 heteroatoms. The molecule has 0 amide bonds. The predicted molar refractivity (Wildman–Crippen MR) is 131 cm³/mol. The smallest absolute Gasteiger partial charge is 0.353 e. The highest BCUT2D eigenvalue weighted by Gasteiger charge is 2.16. The molecule has 0 spiro atoms. The van der Waals surface area contributed by atoms with Crippen molar-refractivity contribution in [2.24, 2.45) is 0 Å². The predicted octanol–water partition coefficient (Wildman–Crippen LogP) is 5.62. The molecule has 0 fully saturated rings. The fraction of sp³-hybridized carbons (Fsp3) is 0.111. The molecule has 0 aliphatic carbocycles. The Morgan fingerprint density at radius 1 is 0.912 bits per heavy atom. The summed E-state index contributed by atoms with van der Waals surface area (Å²) in [7, 11) is 0. The zero-order valence-electron chi connectivity index (χ0n) is 18.1. The van der Waals surface area contributed by atoms with Gasteiger partial charge in [-0.05, 0) is 41.8 Å². The van der Waals surface area contributed by atoms with Crippen molar-refractivity contribution >= 4 is 17.7 Å². The highest BCUT2D eigenvalue weighted by Crippen LogP contribution is 2.34. The summed E-state index contributed by atoms with van der Waals surface area (Å²) in [6.45, 7) is 0.195. The summed E-state index contributed by atoms with van der Waals surface area (Å²) in [6, 6.07) is 24.8. The van der Waals surface area contributed by atoms with Gasteiger partial charge in [0.25, 0.3) is 0 Å². The number of carboxylic acids is 1. The zero-order valence-corrected chi connectivity index (χ0v) is 19.0. The van der Waals surface area contributed by atoms with Crippen LogP contribution in [0.4, 0.5) is 0 Å². The van der Waals surface area contributed by atoms with Crippen molar-refractivity contribution in [1.82, 2.24) is 0 Å². The number of carbonyl (C=O) groups is 1. The number of rotatable bonds is 9. The minimum atomic E-state index is -0.991. The van der Waals surface area contributed by atoms with Crippen LogP contribution in [0, 0.1) is 0 Å². The maximum atomic E-state index is 12.6. The van der Waals surface area contributed by atoms with Crippen molar-refractivity contribution in [3.63, 3.8) is 0 Å². The van der Waals surface area contributed by atoms with Crippen LogP contribution in [0.1, 0.15) is 21.5 Å². The summed E-state index contributed by atoms with van der Waals surface area (Å²) in [5.41, 5.74) is 2.06. The van der Waals surface area contributed by atoms with Crippen molar-refractivity contribution in [1.29, 1.82) is 0 Å². The van der Waals surface area contributed by atoms with E-state index in [0.717, 1.165) is 17.5 Å². The molecule has 6 nitrogen and oxygen atoms in total. The topological polar surface area (TPSA) is 97.0 Å². The molecule has 1 aromatic heterocycles. The minimum Gasteiger partial charge on any atom is -0.506 e. The molecule has 2 N–H and O–H groups in total. The number of hydrogen-bond acceptors (Lipinski definition) is 6. The van der Waals surface area contributed by atoms with E-state index in [9.17, 15) is 14.7 Å². The molecule has 0 saturated carbocycles. The molecule has 3 aromatic carbocycles. The first-order valence-electron chi connectivity index (χ1n) is 10.6. The fourth-order valence-corrected chi connectivity index (χ4v) is 4.26. The average Bonchev–Trinajstić information content (AvgIpc) is 2.85. The molecule has 0 radical (unpaired) electrons. The normalized spacial score (nSPS) is 10.7. The van der Waals surface area contributed by atoms with Gasteiger partial charge in [-0.25, -0.2) is 9.59 Å². The van der Waals surface area contributed by atoms with E-state index >= 15 is 0 Å². The number of benzene rings is 3. The van der Waals surface area contributed by atoms with Crippen LogP contribution in [0.5, 0.6) is 11.5 Å². The summed E-state index contributed by atoms with van der Waals surface area (Å²) in [5.74, 6) is 0.170. The maximum absolute atomic E-state index is 12.6. The SMILES string of the molecule is O=C(O)c1ccc(COc2ccccc2-c2cc(O)c(SCCc3ccccc3)c(=O)o2)cc1. The van der Waals surface area contributed by atoms with Crippen LogP contribution in [-0.4, -0.2) is 21.9 Å². The van der Waals surface area contributed by atoms with Crippen LogP contribution in [0.2, 0.25) is 0 Å². The van der Waals surface area contributed by atoms with Crippen LogP contribution >= 0.6 is 11.8 Å². The molecule has 4 aromatic rings. The third-order valence-corrected chi connectivity index (χ3v) is 6.19. The van der Waals surface area contributed by atoms with Gasteiger partial charge in [0.15, 0.2) is 0 Å². The van der Waals surface area contributed by atoms with Gasteiger partial charge in [-0.1, -0.05) is 54.6 Å². The number of thioether (sulfide) groups is 1. The molecule has 4 rings (SSSR count). The lowest BCUT2D eigenvalue weighted by Gasteiger charge is -2.12. The largest absolute Gasteiger partial charge is 0.506 e. The molecular weight excluding hydrogens is 452 g/mol. The zero-order chi connectivity index (χ0) is 23.9. The van der Waals surface area contributed by atoms with Crippen LogP contribution in [-0.2, 0) is 13.0 Å². The van der Waals surface area contributed by atoms with Gasteiger partial charge in [-0.2, -0.15) is 0 Å². The van der Waals surface area contributed by atoms with Crippen molar-refractivity contribution in [2.45, 2.75) is 17.9 Å². The van der Waals surface area contributed by atoms with Crippen LogP contribution < -0.4 is 10.4 Å². The van der Waals surface area contributed by atoms with Crippen molar-refractivity contribution in [3.05, 3.63) is 112 Å². The second-order valence-electron chi connectivity index (χ2n) is 7.48. The summed E-state index contributed by atoms with van der Waals surface area (Å²) in [5, 5.41) is 19.6. The lowest BCUT2D eigenvalue weighted by molar-refractivity contribution is 0.0697. The van der Waals surface area contributed by atoms with Gasteiger partial charge in [0, 0.05) is 11.8 Å². The number of carboxylic acid groups (broad SMARTS) is 1. The second-order valence-corrected chi connectivity index (χ2v) is 8.59. The number of hydrogen-bond donors (Lipinski definition) is 2. The maximum Gasteiger partial charge on any atom is 0.353 e. The number of aromatic carboxylic acids is 1. The molecule has 0 aliphatic heterocycles. The van der Waals surface area contributed by atoms with E-state index < -0.39 is 11.6 Å². The molecule has 172 valence electrons. The number of para-hydroxylation sites is 1. The van der Waals surface area contributed by atoms with E-state index in [4.69, 9.17) is 14.3 Å².